The Morgan fingerprint density at radius 1 is 1.33 bits per heavy atom. The molecule has 0 N–H and O–H groups in total. The van der Waals surface area contributed by atoms with Crippen LogP contribution < -0.4 is 0 Å². The van der Waals surface area contributed by atoms with Crippen LogP contribution in [0.4, 0.5) is 4.79 Å². The van der Waals surface area contributed by atoms with E-state index < -0.39 is 5.60 Å². The van der Waals surface area contributed by atoms with E-state index in [-0.39, 0.29) is 11.5 Å². The summed E-state index contributed by atoms with van der Waals surface area (Å²) in [4.78, 5) is 13.6. The Kier molecular flexibility index (Phi) is 2.13. The molecule has 0 aromatic rings. The van der Waals surface area contributed by atoms with E-state index >= 15 is 0 Å². The van der Waals surface area contributed by atoms with Crippen LogP contribution in [0, 0.1) is 29.1 Å². The highest BCUT2D eigenvalue weighted by molar-refractivity contribution is 5.69. The molecular formula is C15H21NO2. The van der Waals surface area contributed by atoms with Crippen molar-refractivity contribution in [2.45, 2.75) is 45.6 Å². The second-order valence-corrected chi connectivity index (χ2v) is 7.40. The Labute approximate surface area is 109 Å². The van der Waals surface area contributed by atoms with Crippen LogP contribution in [0.25, 0.3) is 0 Å². The zero-order valence-corrected chi connectivity index (χ0v) is 11.5. The van der Waals surface area contributed by atoms with Crippen molar-refractivity contribution in [3.63, 3.8) is 0 Å². The second-order valence-electron chi connectivity index (χ2n) is 7.40. The number of nitrogens with zero attached hydrogens (tertiary/aromatic N) is 1. The highest BCUT2D eigenvalue weighted by atomic mass is 16.6. The summed E-state index contributed by atoms with van der Waals surface area (Å²) in [5.74, 6) is 3.58. The maximum atomic E-state index is 11.8. The van der Waals surface area contributed by atoms with Crippen LogP contribution in [-0.2, 0) is 4.74 Å². The highest BCUT2D eigenvalue weighted by Gasteiger charge is 2.71. The predicted molar refractivity (Wildman–Crippen MR) is 68.8 cm³/mol. The summed E-state index contributed by atoms with van der Waals surface area (Å²) in [6.45, 7) is 7.42. The largest absolute Gasteiger partial charge is 0.444 e. The lowest BCUT2D eigenvalue weighted by Gasteiger charge is -2.73. The van der Waals surface area contributed by atoms with Gasteiger partial charge in [-0.2, -0.15) is 0 Å². The van der Waals surface area contributed by atoms with Crippen LogP contribution in [0.3, 0.4) is 0 Å². The van der Waals surface area contributed by atoms with Crippen LogP contribution >= 0.6 is 0 Å². The SMILES string of the molecule is C#CC12CC(C3CN(C(=O)OC(C)(C)C)C3)(C1)C2. The molecule has 1 heterocycles. The molecular weight excluding hydrogens is 226 g/mol. The first-order valence-electron chi connectivity index (χ1n) is 6.73. The number of carbonyl (C=O) groups is 1. The number of amides is 1. The Hall–Kier alpha value is -1.17. The Balaban J connectivity index is 1.48. The molecule has 3 aliphatic carbocycles. The summed E-state index contributed by atoms with van der Waals surface area (Å²) >= 11 is 0. The van der Waals surface area contributed by atoms with E-state index in [0.29, 0.717) is 11.3 Å². The average molecular weight is 247 g/mol. The van der Waals surface area contributed by atoms with Gasteiger partial charge in [0.1, 0.15) is 5.60 Å². The lowest BCUT2D eigenvalue weighted by Crippen LogP contribution is -2.70. The van der Waals surface area contributed by atoms with Crippen LogP contribution in [0.5, 0.6) is 0 Å². The van der Waals surface area contributed by atoms with E-state index in [2.05, 4.69) is 5.92 Å². The van der Waals surface area contributed by atoms with Crippen molar-refractivity contribution >= 4 is 6.09 Å². The second kappa shape index (κ2) is 3.23. The molecule has 0 radical (unpaired) electrons. The molecule has 0 aromatic heterocycles. The topological polar surface area (TPSA) is 29.5 Å². The molecule has 0 unspecified atom stereocenters. The van der Waals surface area contributed by atoms with Gasteiger partial charge in [0.2, 0.25) is 0 Å². The fraction of sp³-hybridized carbons (Fsp3) is 0.800. The molecule has 1 saturated heterocycles. The molecule has 18 heavy (non-hydrogen) atoms. The van der Waals surface area contributed by atoms with Crippen molar-refractivity contribution in [1.29, 1.82) is 0 Å². The smallest absolute Gasteiger partial charge is 0.410 e. The van der Waals surface area contributed by atoms with Gasteiger partial charge in [0.15, 0.2) is 0 Å². The minimum absolute atomic E-state index is 0.169. The third-order valence-corrected chi connectivity index (χ3v) is 4.78. The van der Waals surface area contributed by atoms with Gasteiger partial charge in [0.05, 0.1) is 0 Å². The zero-order valence-electron chi connectivity index (χ0n) is 11.5. The van der Waals surface area contributed by atoms with Crippen molar-refractivity contribution < 1.29 is 9.53 Å². The Morgan fingerprint density at radius 2 is 1.89 bits per heavy atom. The molecule has 3 heteroatoms. The predicted octanol–water partition coefficient (Wildman–Crippen LogP) is 2.66. The number of likely N-dealkylation sites (tertiary alicyclic amines) is 1. The molecule has 0 atom stereocenters. The van der Waals surface area contributed by atoms with Gasteiger partial charge in [-0.1, -0.05) is 5.92 Å². The molecule has 1 aliphatic heterocycles. The van der Waals surface area contributed by atoms with E-state index in [1.54, 1.807) is 0 Å². The lowest BCUT2D eigenvalue weighted by molar-refractivity contribution is -0.224. The molecule has 3 saturated carbocycles. The van der Waals surface area contributed by atoms with Crippen molar-refractivity contribution in [1.82, 2.24) is 4.90 Å². The molecule has 98 valence electrons. The van der Waals surface area contributed by atoms with Gasteiger partial charge in [-0.15, -0.1) is 6.42 Å². The number of rotatable bonds is 1. The third-order valence-electron chi connectivity index (χ3n) is 4.78. The van der Waals surface area contributed by atoms with Gasteiger partial charge in [-0.25, -0.2) is 4.79 Å². The van der Waals surface area contributed by atoms with Gasteiger partial charge < -0.3 is 9.64 Å². The van der Waals surface area contributed by atoms with Gasteiger partial charge in [-0.05, 0) is 45.4 Å². The molecule has 3 nitrogen and oxygen atoms in total. The van der Waals surface area contributed by atoms with E-state index in [9.17, 15) is 4.79 Å². The fourth-order valence-corrected chi connectivity index (χ4v) is 3.79. The summed E-state index contributed by atoms with van der Waals surface area (Å²) < 4.78 is 5.36. The Bertz CT molecular complexity index is 415. The first-order valence-corrected chi connectivity index (χ1v) is 6.73. The van der Waals surface area contributed by atoms with Gasteiger partial charge in [0, 0.05) is 24.4 Å². The molecule has 2 bridgehead atoms. The number of ether oxygens (including phenoxy) is 1. The molecule has 0 spiro atoms. The van der Waals surface area contributed by atoms with E-state index in [1.165, 1.54) is 19.3 Å². The van der Waals surface area contributed by atoms with Gasteiger partial charge in [-0.3, -0.25) is 0 Å². The van der Waals surface area contributed by atoms with Crippen molar-refractivity contribution in [3.05, 3.63) is 0 Å². The zero-order chi connectivity index (χ0) is 13.2. The van der Waals surface area contributed by atoms with E-state index in [4.69, 9.17) is 11.2 Å². The molecule has 0 aromatic carbocycles. The number of terminal acetylenes is 1. The number of hydrogen-bond acceptors (Lipinski definition) is 2. The fourth-order valence-electron chi connectivity index (χ4n) is 3.79. The minimum atomic E-state index is -0.397. The summed E-state index contributed by atoms with van der Waals surface area (Å²) in [5.41, 5.74) is 0.323. The summed E-state index contributed by atoms with van der Waals surface area (Å²) in [7, 11) is 0. The summed E-state index contributed by atoms with van der Waals surface area (Å²) in [5, 5.41) is 0. The van der Waals surface area contributed by atoms with Gasteiger partial charge >= 0.3 is 6.09 Å². The van der Waals surface area contributed by atoms with Crippen LogP contribution in [0.2, 0.25) is 0 Å². The number of hydrogen-bond donors (Lipinski definition) is 0. The molecule has 4 rings (SSSR count). The molecule has 4 aliphatic rings. The van der Waals surface area contributed by atoms with Crippen LogP contribution in [0.15, 0.2) is 0 Å². The Morgan fingerprint density at radius 3 is 2.33 bits per heavy atom. The monoisotopic (exact) mass is 247 g/mol. The normalized spacial score (nSPS) is 38.0. The molecule has 4 fully saturated rings. The summed E-state index contributed by atoms with van der Waals surface area (Å²) in [6, 6.07) is 0. The average Bonchev–Trinajstić information content (AvgIpc) is 2.00. The quantitative estimate of drug-likeness (QED) is 0.667. The van der Waals surface area contributed by atoms with Crippen LogP contribution in [-0.4, -0.2) is 29.7 Å². The van der Waals surface area contributed by atoms with E-state index in [0.717, 1.165) is 13.1 Å². The standard InChI is InChI=1S/C15H21NO2/c1-5-14-8-15(9-14,10-14)11-6-16(7-11)12(17)18-13(2,3)4/h1,11H,6-10H2,2-4H3. The first-order chi connectivity index (χ1) is 8.28. The van der Waals surface area contributed by atoms with Crippen molar-refractivity contribution in [2.75, 3.05) is 13.1 Å². The number of carbonyl (C=O) groups excluding carboxylic acids is 1. The highest BCUT2D eigenvalue weighted by Crippen LogP contribution is 2.76. The van der Waals surface area contributed by atoms with Crippen molar-refractivity contribution in [3.8, 4) is 12.3 Å². The lowest BCUT2D eigenvalue weighted by atomic mass is 9.31. The summed E-state index contributed by atoms with van der Waals surface area (Å²) in [6.07, 6.45) is 8.92. The minimum Gasteiger partial charge on any atom is -0.444 e. The maximum absolute atomic E-state index is 11.8. The maximum Gasteiger partial charge on any atom is 0.410 e. The van der Waals surface area contributed by atoms with Gasteiger partial charge in [0.25, 0.3) is 0 Å². The molecule has 1 amide bonds. The first kappa shape index (κ1) is 11.9. The van der Waals surface area contributed by atoms with Crippen molar-refractivity contribution in [2.24, 2.45) is 16.7 Å². The third kappa shape index (κ3) is 1.55. The van der Waals surface area contributed by atoms with E-state index in [1.807, 2.05) is 25.7 Å². The van der Waals surface area contributed by atoms with Crippen LogP contribution in [0.1, 0.15) is 40.0 Å².